The quantitative estimate of drug-likeness (QED) is 0.632. The molecule has 2 heterocycles. The molecule has 2 amide bonds. The van der Waals surface area contributed by atoms with Crippen molar-refractivity contribution in [3.63, 3.8) is 0 Å². The third kappa shape index (κ3) is 1.89. The predicted octanol–water partition coefficient (Wildman–Crippen LogP) is 2.36. The standard InChI is InChI=1S/C13H11Cl2N3O2/c1-17-12(19)5-10(13(17)20)18-9-4-7(15)2-3-8(9)16-11(18)6-14/h2-4,10H,5-6H2,1H3. The summed E-state index contributed by atoms with van der Waals surface area (Å²) in [4.78, 5) is 29.4. The van der Waals surface area contributed by atoms with Crippen LogP contribution in [0, 0.1) is 0 Å². The van der Waals surface area contributed by atoms with Crippen LogP contribution in [-0.4, -0.2) is 33.3 Å². The number of carbonyl (C=O) groups excluding carboxylic acids is 2. The molecule has 0 spiro atoms. The lowest BCUT2D eigenvalue weighted by molar-refractivity contribution is -0.137. The average molecular weight is 312 g/mol. The Kier molecular flexibility index (Phi) is 3.18. The Bertz CT molecular complexity index is 726. The van der Waals surface area contributed by atoms with Crippen LogP contribution in [0.25, 0.3) is 11.0 Å². The molecular weight excluding hydrogens is 301 g/mol. The number of nitrogens with zero attached hydrogens (tertiary/aromatic N) is 3. The largest absolute Gasteiger partial charge is 0.314 e. The lowest BCUT2D eigenvalue weighted by Gasteiger charge is -2.14. The molecule has 104 valence electrons. The zero-order chi connectivity index (χ0) is 14.4. The first kappa shape index (κ1) is 13.4. The zero-order valence-electron chi connectivity index (χ0n) is 10.6. The van der Waals surface area contributed by atoms with Gasteiger partial charge in [0.1, 0.15) is 11.9 Å². The van der Waals surface area contributed by atoms with E-state index in [1.165, 1.54) is 7.05 Å². The SMILES string of the molecule is CN1C(=O)CC(n2c(CCl)nc3ccc(Cl)cc32)C1=O. The monoisotopic (exact) mass is 311 g/mol. The van der Waals surface area contributed by atoms with Crippen molar-refractivity contribution in [3.8, 4) is 0 Å². The van der Waals surface area contributed by atoms with Gasteiger partial charge in [0.15, 0.2) is 0 Å². The summed E-state index contributed by atoms with van der Waals surface area (Å²) in [6.07, 6.45) is 0.122. The van der Waals surface area contributed by atoms with Gasteiger partial charge in [0.25, 0.3) is 5.91 Å². The van der Waals surface area contributed by atoms with Gasteiger partial charge in [-0.05, 0) is 18.2 Å². The van der Waals surface area contributed by atoms with Crippen LogP contribution in [0.4, 0.5) is 0 Å². The minimum absolute atomic E-state index is 0.122. The Hall–Kier alpha value is -1.59. The topological polar surface area (TPSA) is 55.2 Å². The molecule has 2 aromatic rings. The number of alkyl halides is 1. The van der Waals surface area contributed by atoms with E-state index in [1.807, 2.05) is 0 Å². The highest BCUT2D eigenvalue weighted by molar-refractivity contribution is 6.31. The summed E-state index contributed by atoms with van der Waals surface area (Å²) < 4.78 is 1.72. The second-order valence-electron chi connectivity index (χ2n) is 4.68. The van der Waals surface area contributed by atoms with Crippen LogP contribution in [0.15, 0.2) is 18.2 Å². The lowest BCUT2D eigenvalue weighted by atomic mass is 10.2. The summed E-state index contributed by atoms with van der Waals surface area (Å²) in [6, 6.07) is 4.64. The van der Waals surface area contributed by atoms with Gasteiger partial charge in [0.2, 0.25) is 5.91 Å². The normalized spacial score (nSPS) is 19.4. The Morgan fingerprint density at radius 3 is 2.75 bits per heavy atom. The summed E-state index contributed by atoms with van der Waals surface area (Å²) >= 11 is 11.9. The molecule has 1 aromatic heterocycles. The second-order valence-corrected chi connectivity index (χ2v) is 5.38. The van der Waals surface area contributed by atoms with E-state index in [-0.39, 0.29) is 24.1 Å². The van der Waals surface area contributed by atoms with Crippen LogP contribution in [0.1, 0.15) is 18.3 Å². The third-order valence-corrected chi connectivity index (χ3v) is 3.99. The number of likely N-dealkylation sites (tertiary alicyclic amines) is 1. The Morgan fingerprint density at radius 1 is 1.40 bits per heavy atom. The molecule has 0 saturated carbocycles. The van der Waals surface area contributed by atoms with Gasteiger partial charge >= 0.3 is 0 Å². The summed E-state index contributed by atoms with van der Waals surface area (Å²) in [7, 11) is 1.48. The zero-order valence-corrected chi connectivity index (χ0v) is 12.1. The second kappa shape index (κ2) is 4.75. The smallest absolute Gasteiger partial charge is 0.252 e. The van der Waals surface area contributed by atoms with E-state index in [1.54, 1.807) is 22.8 Å². The van der Waals surface area contributed by atoms with E-state index in [9.17, 15) is 9.59 Å². The maximum atomic E-state index is 12.2. The van der Waals surface area contributed by atoms with Gasteiger partial charge in [0.05, 0.1) is 23.3 Å². The first-order valence-electron chi connectivity index (χ1n) is 6.05. The van der Waals surface area contributed by atoms with Gasteiger partial charge in [-0.1, -0.05) is 11.6 Å². The van der Waals surface area contributed by atoms with Crippen molar-refractivity contribution < 1.29 is 9.59 Å². The molecule has 0 N–H and O–H groups in total. The summed E-state index contributed by atoms with van der Waals surface area (Å²) in [6.45, 7) is 0. The first-order valence-corrected chi connectivity index (χ1v) is 6.97. The van der Waals surface area contributed by atoms with Crippen molar-refractivity contribution in [2.45, 2.75) is 18.3 Å². The molecule has 1 aromatic carbocycles. The van der Waals surface area contributed by atoms with Crippen molar-refractivity contribution in [1.82, 2.24) is 14.5 Å². The fraction of sp³-hybridized carbons (Fsp3) is 0.308. The number of aromatic nitrogens is 2. The summed E-state index contributed by atoms with van der Waals surface area (Å²) in [5.74, 6) is 0.268. The van der Waals surface area contributed by atoms with Crippen molar-refractivity contribution in [2.24, 2.45) is 0 Å². The fourth-order valence-electron chi connectivity index (χ4n) is 2.50. The van der Waals surface area contributed by atoms with E-state index in [0.29, 0.717) is 16.4 Å². The molecule has 0 bridgehead atoms. The van der Waals surface area contributed by atoms with Gasteiger partial charge in [-0.2, -0.15) is 0 Å². The van der Waals surface area contributed by atoms with E-state index >= 15 is 0 Å². The highest BCUT2D eigenvalue weighted by Crippen LogP contribution is 2.31. The number of amides is 2. The highest BCUT2D eigenvalue weighted by Gasteiger charge is 2.39. The number of fused-ring (bicyclic) bond motifs is 1. The molecule has 1 aliphatic heterocycles. The number of carbonyl (C=O) groups is 2. The molecular formula is C13H11Cl2N3O2. The number of imide groups is 1. The van der Waals surface area contributed by atoms with E-state index in [2.05, 4.69) is 4.98 Å². The number of imidazole rings is 1. The molecule has 1 atom stereocenters. The minimum Gasteiger partial charge on any atom is -0.314 e. The van der Waals surface area contributed by atoms with Crippen LogP contribution < -0.4 is 0 Å². The van der Waals surface area contributed by atoms with Gasteiger partial charge in [0, 0.05) is 12.1 Å². The fourth-order valence-corrected chi connectivity index (χ4v) is 2.85. The Balaban J connectivity index is 2.22. The molecule has 1 unspecified atom stereocenters. The maximum absolute atomic E-state index is 12.2. The van der Waals surface area contributed by atoms with E-state index in [0.717, 1.165) is 10.4 Å². The van der Waals surface area contributed by atoms with Crippen molar-refractivity contribution >= 4 is 46.0 Å². The van der Waals surface area contributed by atoms with Crippen LogP contribution in [0.5, 0.6) is 0 Å². The average Bonchev–Trinajstić information content (AvgIpc) is 2.91. The predicted molar refractivity (Wildman–Crippen MR) is 75.7 cm³/mol. The maximum Gasteiger partial charge on any atom is 0.252 e. The van der Waals surface area contributed by atoms with Crippen LogP contribution in [0.2, 0.25) is 5.02 Å². The molecule has 1 saturated heterocycles. The molecule has 3 rings (SSSR count). The van der Waals surface area contributed by atoms with Gasteiger partial charge in [-0.25, -0.2) is 4.98 Å². The number of hydrogen-bond acceptors (Lipinski definition) is 3. The molecule has 1 fully saturated rings. The molecule has 7 heteroatoms. The first-order chi connectivity index (χ1) is 9.52. The molecule has 0 aliphatic carbocycles. The Morgan fingerprint density at radius 2 is 2.15 bits per heavy atom. The summed E-state index contributed by atoms with van der Waals surface area (Å²) in [5.41, 5.74) is 1.43. The van der Waals surface area contributed by atoms with Gasteiger partial charge in [-0.3, -0.25) is 14.5 Å². The van der Waals surface area contributed by atoms with Crippen LogP contribution >= 0.6 is 23.2 Å². The number of benzene rings is 1. The number of rotatable bonds is 2. The van der Waals surface area contributed by atoms with Crippen molar-refractivity contribution in [1.29, 1.82) is 0 Å². The van der Waals surface area contributed by atoms with Crippen molar-refractivity contribution in [3.05, 3.63) is 29.0 Å². The molecule has 20 heavy (non-hydrogen) atoms. The Labute approximate surface area is 125 Å². The number of halogens is 2. The highest BCUT2D eigenvalue weighted by atomic mass is 35.5. The minimum atomic E-state index is -0.593. The van der Waals surface area contributed by atoms with E-state index < -0.39 is 6.04 Å². The lowest BCUT2D eigenvalue weighted by Crippen LogP contribution is -2.27. The molecule has 5 nitrogen and oxygen atoms in total. The molecule has 1 aliphatic rings. The van der Waals surface area contributed by atoms with Gasteiger partial charge in [-0.15, -0.1) is 11.6 Å². The van der Waals surface area contributed by atoms with Gasteiger partial charge < -0.3 is 4.57 Å². The number of hydrogen-bond donors (Lipinski definition) is 0. The van der Waals surface area contributed by atoms with Crippen LogP contribution in [-0.2, 0) is 15.5 Å². The molecule has 0 radical (unpaired) electrons. The third-order valence-electron chi connectivity index (χ3n) is 3.51. The van der Waals surface area contributed by atoms with Crippen molar-refractivity contribution in [2.75, 3.05) is 7.05 Å². The van der Waals surface area contributed by atoms with Crippen LogP contribution in [0.3, 0.4) is 0 Å². The number of likely N-dealkylation sites (N-methyl/N-ethyl adjacent to an activating group) is 1. The summed E-state index contributed by atoms with van der Waals surface area (Å²) in [5, 5.41) is 0.546. The van der Waals surface area contributed by atoms with E-state index in [4.69, 9.17) is 23.2 Å².